The molecular formula is C3H8Mg. The van der Waals surface area contributed by atoms with Crippen molar-refractivity contribution in [3.05, 3.63) is 0 Å². The molecule has 0 atom stereocenters. The maximum absolute atomic E-state index is 2.22. The van der Waals surface area contributed by atoms with Crippen LogP contribution in [-0.4, -0.2) is 21.7 Å². The molecule has 0 aliphatic carbocycles. The van der Waals surface area contributed by atoms with Gasteiger partial charge < -0.3 is 0 Å². The first-order valence-electron chi connectivity index (χ1n) is 1.91. The molecule has 0 spiro atoms. The summed E-state index contributed by atoms with van der Waals surface area (Å²) in [5.41, 5.74) is 0. The summed E-state index contributed by atoms with van der Waals surface area (Å²) in [6, 6.07) is 0. The van der Waals surface area contributed by atoms with Gasteiger partial charge in [0.15, 0.2) is 0 Å². The van der Waals surface area contributed by atoms with Crippen LogP contribution in [0.5, 0.6) is 0 Å². The average Bonchev–Trinajstić information content (AvgIpc) is 1.37. The van der Waals surface area contributed by atoms with Crippen LogP contribution in [0.25, 0.3) is 0 Å². The predicted octanol–water partition coefficient (Wildman–Crippen LogP) is 0.716. The van der Waals surface area contributed by atoms with Crippen molar-refractivity contribution in [1.29, 1.82) is 0 Å². The van der Waals surface area contributed by atoms with Crippen molar-refractivity contribution in [1.82, 2.24) is 0 Å². The van der Waals surface area contributed by atoms with Crippen LogP contribution in [0.4, 0.5) is 0 Å². The molecule has 4 heavy (non-hydrogen) atoms. The lowest BCUT2D eigenvalue weighted by Gasteiger charge is -1.67. The van der Waals surface area contributed by atoms with E-state index >= 15 is 0 Å². The summed E-state index contributed by atoms with van der Waals surface area (Å²) in [5, 5.41) is 0. The summed E-state index contributed by atoms with van der Waals surface area (Å²) in [6.45, 7) is 2.22. The van der Waals surface area contributed by atoms with E-state index in [0.717, 1.165) is 0 Å². The molecule has 0 saturated heterocycles. The largest absolute Gasteiger partial charge is 0.340 e. The van der Waals surface area contributed by atoms with Crippen molar-refractivity contribution in [2.75, 3.05) is 0 Å². The van der Waals surface area contributed by atoms with Crippen molar-refractivity contribution >= 4 is 21.7 Å². The first-order valence-corrected chi connectivity index (χ1v) is 3.33. The first kappa shape index (κ1) is 4.77. The second kappa shape index (κ2) is 3.77. The normalized spacial score (nSPS) is 7.00. The third kappa shape index (κ3) is 2.77. The zero-order chi connectivity index (χ0) is 3.41. The van der Waals surface area contributed by atoms with Gasteiger partial charge in [-0.2, -0.15) is 4.55 Å². The number of rotatable bonds is 1. The molecular weight excluding hydrogens is 60.3 g/mol. The van der Waals surface area contributed by atoms with Gasteiger partial charge in [-0.25, -0.2) is 0 Å². The lowest BCUT2D eigenvalue weighted by molar-refractivity contribution is 1.08. The maximum Gasteiger partial charge on any atom is 0.340 e. The van der Waals surface area contributed by atoms with Crippen molar-refractivity contribution in [2.24, 2.45) is 0 Å². The molecule has 0 aromatic heterocycles. The van der Waals surface area contributed by atoms with Gasteiger partial charge in [-0.15, -0.1) is 0 Å². The fraction of sp³-hybridized carbons (Fsp3) is 1.00. The van der Waals surface area contributed by atoms with Gasteiger partial charge in [0.2, 0.25) is 0 Å². The van der Waals surface area contributed by atoms with Crippen LogP contribution in [0.1, 0.15) is 13.3 Å². The van der Waals surface area contributed by atoms with E-state index in [-0.39, 0.29) is 0 Å². The molecule has 0 fully saturated rings. The van der Waals surface area contributed by atoms with Crippen LogP contribution < -0.4 is 0 Å². The Morgan fingerprint density at radius 1 is 1.75 bits per heavy atom. The number of hydrogen-bond donors (Lipinski definition) is 0. The van der Waals surface area contributed by atoms with Gasteiger partial charge in [-0.05, 0) is 0 Å². The second-order valence-corrected chi connectivity index (χ2v) is 2.00. The van der Waals surface area contributed by atoms with Gasteiger partial charge in [0.25, 0.3) is 0 Å². The van der Waals surface area contributed by atoms with Gasteiger partial charge in [0.1, 0.15) is 0 Å². The van der Waals surface area contributed by atoms with Crippen molar-refractivity contribution in [3.8, 4) is 0 Å². The zero-order valence-corrected chi connectivity index (χ0v) is 5.41. The van der Waals surface area contributed by atoms with E-state index in [9.17, 15) is 0 Å². The molecule has 0 amide bonds. The molecule has 0 unspecified atom stereocenters. The van der Waals surface area contributed by atoms with Crippen molar-refractivity contribution in [3.63, 3.8) is 0 Å². The molecule has 0 bridgehead atoms. The van der Waals surface area contributed by atoms with E-state index < -0.39 is 0 Å². The molecule has 0 rings (SSSR count). The summed E-state index contributed by atoms with van der Waals surface area (Å²) >= 11 is 1.39. The topological polar surface area (TPSA) is 0 Å². The Morgan fingerprint density at radius 2 is 2.00 bits per heavy atom. The summed E-state index contributed by atoms with van der Waals surface area (Å²) in [5.74, 6) is 0. The Kier molecular flexibility index (Phi) is 4.49. The predicted molar refractivity (Wildman–Crippen MR) is 22.2 cm³/mol. The standard InChI is InChI=1S/C3H7.Mg.H/c1-3-2;;/h1,3H2,2H3;;. The fourth-order valence-electron chi connectivity index (χ4n) is 0. The van der Waals surface area contributed by atoms with Gasteiger partial charge in [-0.3, -0.25) is 0 Å². The van der Waals surface area contributed by atoms with Crippen molar-refractivity contribution < 1.29 is 0 Å². The Hall–Kier alpha value is 0.766. The molecule has 1 heteroatoms. The van der Waals surface area contributed by atoms with Gasteiger partial charge in [0, 0.05) is 0 Å². The fourth-order valence-corrected chi connectivity index (χ4v) is 0. The molecule has 0 saturated carbocycles. The Balaban J connectivity index is 1.97. The molecule has 0 aliphatic rings. The van der Waals surface area contributed by atoms with E-state index in [4.69, 9.17) is 0 Å². The van der Waals surface area contributed by atoms with E-state index in [0.29, 0.717) is 0 Å². The summed E-state index contributed by atoms with van der Waals surface area (Å²) < 4.78 is 1.46. The van der Waals surface area contributed by atoms with E-state index in [1.54, 1.807) is 0 Å². The minimum absolute atomic E-state index is 1.38. The average molecular weight is 68.4 g/mol. The van der Waals surface area contributed by atoms with Crippen LogP contribution in [0, 0.1) is 0 Å². The van der Waals surface area contributed by atoms with Crippen LogP contribution in [0.2, 0.25) is 4.55 Å². The highest BCUT2D eigenvalue weighted by molar-refractivity contribution is 6.08. The van der Waals surface area contributed by atoms with Crippen LogP contribution in [-0.2, 0) is 0 Å². The number of hydrogen-bond acceptors (Lipinski definition) is 0. The third-order valence-electron chi connectivity index (χ3n) is 0.500. The van der Waals surface area contributed by atoms with E-state index in [1.165, 1.54) is 32.7 Å². The van der Waals surface area contributed by atoms with Crippen LogP contribution >= 0.6 is 0 Å². The van der Waals surface area contributed by atoms with Gasteiger partial charge in [0.05, 0.1) is 0 Å². The molecule has 22 valence electrons. The Morgan fingerprint density at radius 3 is 2.00 bits per heavy atom. The van der Waals surface area contributed by atoms with Crippen molar-refractivity contribution in [2.45, 2.75) is 17.9 Å². The smallest absolute Gasteiger partial charge is 0.152 e. The molecule has 0 heterocycles. The second-order valence-electron chi connectivity index (χ2n) is 1.000. The van der Waals surface area contributed by atoms with Crippen LogP contribution in [0.15, 0.2) is 0 Å². The maximum atomic E-state index is 2.22. The Bertz CT molecular complexity index is 5.25. The summed E-state index contributed by atoms with van der Waals surface area (Å²) in [6.07, 6.45) is 1.38. The molecule has 0 nitrogen and oxygen atoms in total. The molecule has 0 N–H and O–H groups in total. The Labute approximate surface area is 40.0 Å². The van der Waals surface area contributed by atoms with E-state index in [1.807, 2.05) is 0 Å². The molecule has 0 aliphatic heterocycles. The van der Waals surface area contributed by atoms with E-state index in [2.05, 4.69) is 6.92 Å². The minimum atomic E-state index is 1.38. The molecule has 0 aromatic carbocycles. The van der Waals surface area contributed by atoms with Gasteiger partial charge in [-0.1, -0.05) is 13.3 Å². The minimum Gasteiger partial charge on any atom is -0.152 e. The highest BCUT2D eigenvalue weighted by Crippen LogP contribution is 1.73. The highest BCUT2D eigenvalue weighted by Gasteiger charge is 1.59. The monoisotopic (exact) mass is 68.0 g/mol. The first-order chi connectivity index (χ1) is 1.91. The highest BCUT2D eigenvalue weighted by atomic mass is 24.4. The van der Waals surface area contributed by atoms with Crippen LogP contribution in [0.3, 0.4) is 0 Å². The molecule has 0 aromatic rings. The third-order valence-corrected chi connectivity index (χ3v) is 1.50. The van der Waals surface area contributed by atoms with Gasteiger partial charge >= 0.3 is 21.7 Å². The summed E-state index contributed by atoms with van der Waals surface area (Å²) in [4.78, 5) is 0. The lowest BCUT2D eigenvalue weighted by Crippen LogP contribution is -1.55. The zero-order valence-electron chi connectivity index (χ0n) is 3.41. The lowest BCUT2D eigenvalue weighted by atomic mass is 10.6. The molecule has 0 radical (unpaired) electrons. The summed E-state index contributed by atoms with van der Waals surface area (Å²) in [7, 11) is 0. The quantitative estimate of drug-likeness (QED) is 0.397. The SMILES string of the molecule is CC[CH2][MgH].